The molecule has 41 heavy (non-hydrogen) atoms. The van der Waals surface area contributed by atoms with Crippen molar-refractivity contribution < 1.29 is 39.5 Å². The van der Waals surface area contributed by atoms with Gasteiger partial charge >= 0.3 is 0 Å². The Kier molecular flexibility index (Phi) is 21.6. The minimum Gasteiger partial charge on any atom is -0.394 e. The van der Waals surface area contributed by atoms with Gasteiger partial charge in [0.2, 0.25) is 11.8 Å². The highest BCUT2D eigenvalue weighted by Crippen LogP contribution is 2.22. The first-order chi connectivity index (χ1) is 19.8. The van der Waals surface area contributed by atoms with Crippen molar-refractivity contribution in [1.82, 2.24) is 10.6 Å². The first kappa shape index (κ1) is 37.3. The van der Waals surface area contributed by atoms with Gasteiger partial charge in [-0.3, -0.25) is 9.59 Å². The fourth-order valence-electron chi connectivity index (χ4n) is 4.84. The molecule has 1 aliphatic rings. The molecule has 0 radical (unpaired) electrons. The van der Waals surface area contributed by atoms with Gasteiger partial charge in [0.25, 0.3) is 0 Å². The molecule has 1 fully saturated rings. The van der Waals surface area contributed by atoms with Crippen LogP contribution in [-0.2, 0) is 19.1 Å². The maximum Gasteiger partial charge on any atom is 0.244 e. The number of rotatable bonds is 24. The summed E-state index contributed by atoms with van der Waals surface area (Å²) in [4.78, 5) is 25.6. The molecular weight excluding hydrogens is 528 g/mol. The Bertz CT molecular complexity index is 729. The number of unbranched alkanes of at least 4 members (excludes halogenated alkanes) is 14. The lowest BCUT2D eigenvalue weighted by Gasteiger charge is -2.39. The van der Waals surface area contributed by atoms with E-state index in [1.54, 1.807) is 0 Å². The molecule has 10 nitrogen and oxygen atoms in total. The molecule has 2 amide bonds. The molecule has 1 saturated heterocycles. The summed E-state index contributed by atoms with van der Waals surface area (Å²) < 4.78 is 10.9. The van der Waals surface area contributed by atoms with Crippen molar-refractivity contribution in [3.63, 3.8) is 0 Å². The Morgan fingerprint density at radius 3 is 2.05 bits per heavy atom. The van der Waals surface area contributed by atoms with Crippen molar-refractivity contribution >= 4 is 11.8 Å². The van der Waals surface area contributed by atoms with Crippen LogP contribution < -0.4 is 10.6 Å². The number of amides is 2. The molecule has 0 spiro atoms. The molecule has 6 N–H and O–H groups in total. The summed E-state index contributed by atoms with van der Waals surface area (Å²) in [5.74, 6) is 1.95. The van der Waals surface area contributed by atoms with Gasteiger partial charge in [0, 0.05) is 19.4 Å². The molecule has 0 aliphatic carbocycles. The van der Waals surface area contributed by atoms with Gasteiger partial charge in [-0.15, -0.1) is 12.3 Å². The van der Waals surface area contributed by atoms with E-state index in [9.17, 15) is 30.0 Å². The van der Waals surface area contributed by atoms with E-state index in [1.807, 2.05) is 0 Å². The van der Waals surface area contributed by atoms with Crippen LogP contribution in [0.25, 0.3) is 0 Å². The van der Waals surface area contributed by atoms with E-state index < -0.39 is 49.3 Å². The maximum absolute atomic E-state index is 13.0. The lowest BCUT2D eigenvalue weighted by molar-refractivity contribution is -0.301. The Balaban J connectivity index is 2.52. The van der Waals surface area contributed by atoms with Crippen molar-refractivity contribution in [2.45, 2.75) is 153 Å². The summed E-state index contributed by atoms with van der Waals surface area (Å²) in [5, 5.41) is 45.2. The van der Waals surface area contributed by atoms with Crippen LogP contribution in [0, 0.1) is 12.3 Å². The van der Waals surface area contributed by atoms with Crippen LogP contribution in [0.1, 0.15) is 116 Å². The van der Waals surface area contributed by atoms with Gasteiger partial charge in [0.1, 0.15) is 30.5 Å². The van der Waals surface area contributed by atoms with E-state index in [-0.39, 0.29) is 18.9 Å². The van der Waals surface area contributed by atoms with Crippen molar-refractivity contribution in [2.75, 3.05) is 19.8 Å². The Labute approximate surface area is 247 Å². The number of carbonyl (C=O) groups excluding carboxylic acids is 2. The molecule has 0 saturated carbocycles. The topological polar surface area (TPSA) is 158 Å². The summed E-state index contributed by atoms with van der Waals surface area (Å²) in [5.41, 5.74) is 0. The highest BCUT2D eigenvalue weighted by atomic mass is 16.7. The second kappa shape index (κ2) is 23.8. The average molecular weight is 585 g/mol. The zero-order chi connectivity index (χ0) is 30.3. The minimum absolute atomic E-state index is 0.270. The summed E-state index contributed by atoms with van der Waals surface area (Å²) in [6.07, 6.45) is 15.4. The number of terminal acetylenes is 1. The number of hydrogen-bond acceptors (Lipinski definition) is 8. The Hall–Kier alpha value is -1.74. The highest BCUT2D eigenvalue weighted by molar-refractivity contribution is 5.87. The van der Waals surface area contributed by atoms with Gasteiger partial charge in [-0.25, -0.2) is 0 Å². The fraction of sp³-hybridized carbons (Fsp3) is 0.871. The number of ether oxygens (including phenoxy) is 2. The molecular formula is C31H56N2O8. The highest BCUT2D eigenvalue weighted by Gasteiger charge is 2.44. The number of aliphatic hydroxyl groups is 4. The molecule has 0 unspecified atom stereocenters. The van der Waals surface area contributed by atoms with Crippen LogP contribution in [0.3, 0.4) is 0 Å². The largest absolute Gasteiger partial charge is 0.394 e. The van der Waals surface area contributed by atoms with Crippen LogP contribution in [-0.4, -0.2) is 88.7 Å². The molecule has 0 aromatic rings. The average Bonchev–Trinajstić information content (AvgIpc) is 2.97. The summed E-state index contributed by atoms with van der Waals surface area (Å²) >= 11 is 0. The van der Waals surface area contributed by atoms with Crippen molar-refractivity contribution in [3.8, 4) is 12.3 Å². The van der Waals surface area contributed by atoms with E-state index in [1.165, 1.54) is 38.5 Å². The Morgan fingerprint density at radius 2 is 1.44 bits per heavy atom. The third-order valence-corrected chi connectivity index (χ3v) is 7.48. The molecule has 1 heterocycles. The lowest BCUT2D eigenvalue weighted by Crippen LogP contribution is -2.60. The number of hydrogen-bond donors (Lipinski definition) is 6. The first-order valence-corrected chi connectivity index (χ1v) is 15.8. The zero-order valence-corrected chi connectivity index (χ0v) is 25.1. The molecule has 1 aliphatic heterocycles. The van der Waals surface area contributed by atoms with Gasteiger partial charge in [-0.2, -0.15) is 0 Å². The van der Waals surface area contributed by atoms with E-state index in [2.05, 4.69) is 23.5 Å². The third kappa shape index (κ3) is 16.5. The van der Waals surface area contributed by atoms with E-state index in [0.717, 1.165) is 57.8 Å². The van der Waals surface area contributed by atoms with Crippen LogP contribution in [0.2, 0.25) is 0 Å². The van der Waals surface area contributed by atoms with E-state index >= 15 is 0 Å². The van der Waals surface area contributed by atoms with Crippen LogP contribution >= 0.6 is 0 Å². The SMILES string of the molecule is C#CCCCCCCCCC(=O)N[C@@H](CO[C@H]1O[C@H](CO)[C@H](O)[C@H](O)[C@H]1O)C(=O)NCCCCCCCCCCC. The summed E-state index contributed by atoms with van der Waals surface area (Å²) in [6, 6.07) is -1.03. The smallest absolute Gasteiger partial charge is 0.244 e. The second-order valence-corrected chi connectivity index (χ2v) is 11.1. The molecule has 1 rings (SSSR count). The van der Waals surface area contributed by atoms with E-state index in [0.29, 0.717) is 13.0 Å². The maximum atomic E-state index is 13.0. The predicted molar refractivity (Wildman–Crippen MR) is 158 cm³/mol. The lowest BCUT2D eigenvalue weighted by atomic mass is 9.99. The van der Waals surface area contributed by atoms with Crippen molar-refractivity contribution in [3.05, 3.63) is 0 Å². The zero-order valence-electron chi connectivity index (χ0n) is 25.1. The molecule has 0 bridgehead atoms. The van der Waals surface area contributed by atoms with Crippen molar-refractivity contribution in [1.29, 1.82) is 0 Å². The van der Waals surface area contributed by atoms with Gasteiger partial charge in [-0.1, -0.05) is 84.0 Å². The number of nitrogens with one attached hydrogen (secondary N) is 2. The minimum atomic E-state index is -1.59. The monoisotopic (exact) mass is 584 g/mol. The van der Waals surface area contributed by atoms with Gasteiger partial charge in [0.05, 0.1) is 13.2 Å². The third-order valence-electron chi connectivity index (χ3n) is 7.48. The van der Waals surface area contributed by atoms with Gasteiger partial charge in [0.15, 0.2) is 6.29 Å². The van der Waals surface area contributed by atoms with Crippen LogP contribution in [0.5, 0.6) is 0 Å². The summed E-state index contributed by atoms with van der Waals surface area (Å²) in [6.45, 7) is 1.78. The van der Waals surface area contributed by atoms with Gasteiger partial charge in [-0.05, 0) is 19.3 Å². The quantitative estimate of drug-likeness (QED) is 0.0747. The van der Waals surface area contributed by atoms with Crippen LogP contribution in [0.15, 0.2) is 0 Å². The van der Waals surface area contributed by atoms with Gasteiger partial charge < -0.3 is 40.5 Å². The second-order valence-electron chi connectivity index (χ2n) is 11.1. The number of aliphatic hydroxyl groups excluding tert-OH is 4. The van der Waals surface area contributed by atoms with Crippen molar-refractivity contribution in [2.24, 2.45) is 0 Å². The molecule has 0 aromatic heterocycles. The number of carbonyl (C=O) groups is 2. The molecule has 6 atom stereocenters. The fourth-order valence-corrected chi connectivity index (χ4v) is 4.84. The van der Waals surface area contributed by atoms with E-state index in [4.69, 9.17) is 15.9 Å². The Morgan fingerprint density at radius 1 is 0.854 bits per heavy atom. The normalized spacial score (nSPS) is 23.1. The molecule has 10 heteroatoms. The molecule has 238 valence electrons. The predicted octanol–water partition coefficient (Wildman–Crippen LogP) is 2.69. The molecule has 0 aromatic carbocycles. The first-order valence-electron chi connectivity index (χ1n) is 15.8. The van der Waals surface area contributed by atoms with Crippen LogP contribution in [0.4, 0.5) is 0 Å². The summed E-state index contributed by atoms with van der Waals surface area (Å²) in [7, 11) is 0. The standard InChI is InChI=1S/C31H56N2O8/c1-3-5-7-9-11-13-15-17-19-21-32-30(39)24(33-26(35)20-18-16-14-12-10-8-6-4-2)23-40-31-29(38)28(37)27(36)25(22-34)41-31/h2,24-25,27-29,31,34,36-38H,3,5-23H2,1H3,(H,32,39)(H,33,35)/t24-,25+,27-,28-,29+,31-/m0/s1.